The molecule has 0 bridgehead atoms. The Morgan fingerprint density at radius 1 is 1.20 bits per heavy atom. The lowest BCUT2D eigenvalue weighted by atomic mass is 10.2. The first-order valence-corrected chi connectivity index (χ1v) is 9.39. The van der Waals surface area contributed by atoms with Crippen LogP contribution in [0.15, 0.2) is 73.1 Å². The second kappa shape index (κ2) is 9.09. The largest absolute Gasteiger partial charge is 0.486 e. The second-order valence-electron chi connectivity index (χ2n) is 6.56. The zero-order valence-corrected chi connectivity index (χ0v) is 16.0. The Hall–Kier alpha value is -3.87. The molecule has 1 amide bonds. The highest BCUT2D eigenvalue weighted by atomic mass is 19.1. The highest BCUT2D eigenvalue weighted by molar-refractivity contribution is 5.91. The third-order valence-corrected chi connectivity index (χ3v) is 4.32. The molecule has 0 radical (unpaired) electrons. The number of benzene rings is 2. The molecule has 1 N–H and O–H groups in total. The van der Waals surface area contributed by atoms with Gasteiger partial charge in [-0.1, -0.05) is 18.2 Å². The van der Waals surface area contributed by atoms with Crippen LogP contribution in [-0.2, 0) is 4.79 Å². The lowest BCUT2D eigenvalue weighted by Crippen LogP contribution is -2.40. The molecule has 1 aliphatic heterocycles. The molecule has 2 heterocycles. The zero-order chi connectivity index (χ0) is 20.8. The van der Waals surface area contributed by atoms with E-state index in [-0.39, 0.29) is 17.8 Å². The molecule has 1 atom stereocenters. The molecule has 7 heteroatoms. The Morgan fingerprint density at radius 2 is 2.07 bits per heavy atom. The Kier molecular flexibility index (Phi) is 5.89. The van der Waals surface area contributed by atoms with Crippen molar-refractivity contribution in [2.24, 2.45) is 0 Å². The Morgan fingerprint density at radius 3 is 2.87 bits per heavy atom. The number of nitrogens with zero attached hydrogens (tertiary/aromatic N) is 1. The van der Waals surface area contributed by atoms with Crippen LogP contribution in [0.25, 0.3) is 6.08 Å². The average molecular weight is 406 g/mol. The summed E-state index contributed by atoms with van der Waals surface area (Å²) >= 11 is 0. The molecule has 0 fully saturated rings. The molecule has 152 valence electrons. The van der Waals surface area contributed by atoms with E-state index in [1.165, 1.54) is 30.5 Å². The molecule has 1 aromatic heterocycles. The number of aromatic nitrogens is 1. The van der Waals surface area contributed by atoms with Gasteiger partial charge < -0.3 is 19.5 Å². The Balaban J connectivity index is 1.29. The van der Waals surface area contributed by atoms with Gasteiger partial charge in [-0.05, 0) is 48.0 Å². The number of halogens is 1. The maximum atomic E-state index is 14.3. The number of hydrogen-bond acceptors (Lipinski definition) is 5. The van der Waals surface area contributed by atoms with Crippen molar-refractivity contribution in [3.63, 3.8) is 0 Å². The van der Waals surface area contributed by atoms with Gasteiger partial charge in [-0.25, -0.2) is 4.39 Å². The molecular weight excluding hydrogens is 387 g/mol. The minimum Gasteiger partial charge on any atom is -0.486 e. The molecule has 1 aliphatic rings. The van der Waals surface area contributed by atoms with Gasteiger partial charge in [0, 0.05) is 12.3 Å². The Bertz CT molecular complexity index is 1060. The van der Waals surface area contributed by atoms with E-state index in [4.69, 9.17) is 14.2 Å². The first-order chi connectivity index (χ1) is 14.7. The van der Waals surface area contributed by atoms with Crippen LogP contribution in [0.4, 0.5) is 4.39 Å². The zero-order valence-electron chi connectivity index (χ0n) is 16.0. The lowest BCUT2D eigenvalue weighted by Gasteiger charge is -2.26. The van der Waals surface area contributed by atoms with Gasteiger partial charge in [0.1, 0.15) is 18.5 Å². The number of rotatable bonds is 6. The topological polar surface area (TPSA) is 69.7 Å². The molecule has 30 heavy (non-hydrogen) atoms. The maximum Gasteiger partial charge on any atom is 0.244 e. The van der Waals surface area contributed by atoms with Gasteiger partial charge in [0.05, 0.1) is 12.7 Å². The van der Waals surface area contributed by atoms with Gasteiger partial charge >= 0.3 is 0 Å². The lowest BCUT2D eigenvalue weighted by molar-refractivity contribution is -0.116. The van der Waals surface area contributed by atoms with Crippen molar-refractivity contribution in [3.8, 4) is 23.0 Å². The molecule has 4 rings (SSSR count). The van der Waals surface area contributed by atoms with E-state index < -0.39 is 5.82 Å². The summed E-state index contributed by atoms with van der Waals surface area (Å²) in [6, 6.07) is 15.2. The fourth-order valence-electron chi connectivity index (χ4n) is 2.85. The van der Waals surface area contributed by atoms with Gasteiger partial charge in [0.25, 0.3) is 0 Å². The van der Waals surface area contributed by atoms with Crippen LogP contribution in [0, 0.1) is 5.82 Å². The summed E-state index contributed by atoms with van der Waals surface area (Å²) in [5.74, 6) is 1.02. The average Bonchev–Trinajstić information content (AvgIpc) is 2.78. The van der Waals surface area contributed by atoms with Gasteiger partial charge in [0.2, 0.25) is 5.91 Å². The minimum atomic E-state index is -0.534. The van der Waals surface area contributed by atoms with Crippen molar-refractivity contribution < 1.29 is 23.4 Å². The van der Waals surface area contributed by atoms with E-state index >= 15 is 0 Å². The van der Waals surface area contributed by atoms with Crippen molar-refractivity contribution in [3.05, 3.63) is 84.4 Å². The molecule has 0 aliphatic carbocycles. The van der Waals surface area contributed by atoms with Crippen molar-refractivity contribution in [2.45, 2.75) is 6.10 Å². The van der Waals surface area contributed by atoms with E-state index in [1.54, 1.807) is 24.4 Å². The highest BCUT2D eigenvalue weighted by Crippen LogP contribution is 2.30. The number of ether oxygens (including phenoxy) is 3. The van der Waals surface area contributed by atoms with Crippen molar-refractivity contribution in [1.82, 2.24) is 10.3 Å². The Labute approximate surface area is 172 Å². The predicted octanol–water partition coefficient (Wildman–Crippen LogP) is 3.98. The number of nitrogens with one attached hydrogen (secondary N) is 1. The summed E-state index contributed by atoms with van der Waals surface area (Å²) in [6.45, 7) is 0.647. The minimum absolute atomic E-state index is 0.0827. The number of para-hydroxylation sites is 2. The number of amides is 1. The molecule has 6 nitrogen and oxygen atoms in total. The van der Waals surface area contributed by atoms with Gasteiger partial charge in [-0.3, -0.25) is 9.78 Å². The maximum absolute atomic E-state index is 14.3. The summed E-state index contributed by atoms with van der Waals surface area (Å²) in [6.07, 6.45) is 5.69. The highest BCUT2D eigenvalue weighted by Gasteiger charge is 2.20. The molecule has 1 unspecified atom stereocenters. The molecule has 0 saturated carbocycles. The first-order valence-electron chi connectivity index (χ1n) is 9.39. The molecule has 0 spiro atoms. The monoisotopic (exact) mass is 406 g/mol. The van der Waals surface area contributed by atoms with Gasteiger partial charge in [0.15, 0.2) is 23.1 Å². The SMILES string of the molecule is O=C(/C=C/c1ccc(Oc2cccnc2)c(F)c1)NCC1COc2ccccc2O1. The summed E-state index contributed by atoms with van der Waals surface area (Å²) in [5.41, 5.74) is 0.535. The number of pyridine rings is 1. The predicted molar refractivity (Wildman–Crippen MR) is 109 cm³/mol. The van der Waals surface area contributed by atoms with E-state index in [0.717, 1.165) is 0 Å². The van der Waals surface area contributed by atoms with Crippen molar-refractivity contribution >= 4 is 12.0 Å². The first kappa shape index (κ1) is 19.4. The van der Waals surface area contributed by atoms with Crippen LogP contribution in [-0.4, -0.2) is 30.1 Å². The molecular formula is C23H19FN2O4. The third kappa shape index (κ3) is 4.94. The quantitative estimate of drug-likeness (QED) is 0.627. The normalized spacial score (nSPS) is 15.0. The van der Waals surface area contributed by atoms with Crippen LogP contribution >= 0.6 is 0 Å². The smallest absolute Gasteiger partial charge is 0.244 e. The van der Waals surface area contributed by atoms with Crippen LogP contribution in [0.2, 0.25) is 0 Å². The van der Waals surface area contributed by atoms with Crippen molar-refractivity contribution in [2.75, 3.05) is 13.2 Å². The summed E-state index contributed by atoms with van der Waals surface area (Å²) in [7, 11) is 0. The van der Waals surface area contributed by atoms with E-state index in [1.807, 2.05) is 24.3 Å². The molecule has 2 aromatic carbocycles. The number of fused-ring (bicyclic) bond motifs is 1. The van der Waals surface area contributed by atoms with Gasteiger partial charge in [-0.2, -0.15) is 0 Å². The second-order valence-corrected chi connectivity index (χ2v) is 6.56. The van der Waals surface area contributed by atoms with Crippen LogP contribution in [0.3, 0.4) is 0 Å². The van der Waals surface area contributed by atoms with Gasteiger partial charge in [-0.15, -0.1) is 0 Å². The third-order valence-electron chi connectivity index (χ3n) is 4.32. The molecule has 0 saturated heterocycles. The van der Waals surface area contributed by atoms with Crippen LogP contribution in [0.5, 0.6) is 23.0 Å². The van der Waals surface area contributed by atoms with E-state index in [0.29, 0.717) is 36.0 Å². The standard InChI is InChI=1S/C23H19FN2O4/c24-19-12-16(7-9-20(19)29-17-4-3-11-25-13-17)8-10-23(27)26-14-18-15-28-21-5-1-2-6-22(21)30-18/h1-13,18H,14-15H2,(H,26,27)/b10-8+. The fourth-order valence-corrected chi connectivity index (χ4v) is 2.85. The van der Waals surface area contributed by atoms with Crippen LogP contribution in [0.1, 0.15) is 5.56 Å². The summed E-state index contributed by atoms with van der Waals surface area (Å²) in [4.78, 5) is 16.0. The number of carbonyl (C=O) groups excluding carboxylic acids is 1. The van der Waals surface area contributed by atoms with E-state index in [9.17, 15) is 9.18 Å². The van der Waals surface area contributed by atoms with Crippen LogP contribution < -0.4 is 19.5 Å². The van der Waals surface area contributed by atoms with Crippen molar-refractivity contribution in [1.29, 1.82) is 0 Å². The fraction of sp³-hybridized carbons (Fsp3) is 0.130. The molecule has 3 aromatic rings. The number of hydrogen-bond donors (Lipinski definition) is 1. The van der Waals surface area contributed by atoms with E-state index in [2.05, 4.69) is 10.3 Å². The summed E-state index contributed by atoms with van der Waals surface area (Å²) < 4.78 is 31.1. The number of carbonyl (C=O) groups is 1. The summed E-state index contributed by atoms with van der Waals surface area (Å²) in [5, 5.41) is 2.76.